The molecule has 4 rings (SSSR count). The number of aromatic amines is 1. The largest absolute Gasteiger partial charge is 0.385 e. The molecule has 1 aromatic heterocycles. The van der Waals surface area contributed by atoms with Crippen LogP contribution in [-0.2, 0) is 5.60 Å². The van der Waals surface area contributed by atoms with Gasteiger partial charge < -0.3 is 10.4 Å². The van der Waals surface area contributed by atoms with Gasteiger partial charge in [0.2, 0.25) is 0 Å². The highest BCUT2D eigenvalue weighted by atomic mass is 35.5. The van der Waals surface area contributed by atoms with Crippen molar-refractivity contribution in [1.29, 1.82) is 0 Å². The van der Waals surface area contributed by atoms with Crippen LogP contribution >= 0.6 is 11.6 Å². The Bertz CT molecular complexity index is 627. The number of benzene rings is 1. The maximum atomic E-state index is 11.1. The predicted molar refractivity (Wildman–Crippen MR) is 74.1 cm³/mol. The van der Waals surface area contributed by atoms with Crippen molar-refractivity contribution < 1.29 is 5.11 Å². The van der Waals surface area contributed by atoms with Crippen LogP contribution in [0.15, 0.2) is 18.3 Å². The molecular formula is C14H16ClN3O. The summed E-state index contributed by atoms with van der Waals surface area (Å²) in [5.74, 6) is 1.15. The van der Waals surface area contributed by atoms with E-state index in [0.29, 0.717) is 16.9 Å². The van der Waals surface area contributed by atoms with Crippen molar-refractivity contribution in [2.75, 3.05) is 13.1 Å². The first-order chi connectivity index (χ1) is 9.16. The van der Waals surface area contributed by atoms with E-state index >= 15 is 0 Å². The van der Waals surface area contributed by atoms with Crippen LogP contribution < -0.4 is 5.32 Å². The van der Waals surface area contributed by atoms with Gasteiger partial charge in [-0.15, -0.1) is 0 Å². The van der Waals surface area contributed by atoms with Gasteiger partial charge in [0.15, 0.2) is 0 Å². The Labute approximate surface area is 116 Å². The lowest BCUT2D eigenvalue weighted by molar-refractivity contribution is 0.0374. The number of aliphatic hydroxyl groups is 1. The van der Waals surface area contributed by atoms with Gasteiger partial charge in [0.05, 0.1) is 17.3 Å². The zero-order valence-electron chi connectivity index (χ0n) is 10.5. The lowest BCUT2D eigenvalue weighted by Gasteiger charge is -2.25. The Kier molecular flexibility index (Phi) is 2.43. The highest BCUT2D eigenvalue weighted by Crippen LogP contribution is 2.49. The van der Waals surface area contributed by atoms with E-state index in [1.54, 1.807) is 6.20 Å². The van der Waals surface area contributed by atoms with Gasteiger partial charge in [-0.3, -0.25) is 5.10 Å². The molecule has 2 heterocycles. The number of hydrogen-bond donors (Lipinski definition) is 3. The fourth-order valence-electron chi connectivity index (χ4n) is 3.84. The second-order valence-electron chi connectivity index (χ2n) is 5.90. The fraction of sp³-hybridized carbons (Fsp3) is 0.500. The molecule has 2 aromatic rings. The third-order valence-corrected chi connectivity index (χ3v) is 4.92. The number of halogens is 1. The molecule has 19 heavy (non-hydrogen) atoms. The topological polar surface area (TPSA) is 60.9 Å². The quantitative estimate of drug-likeness (QED) is 0.747. The number of nitrogens with one attached hydrogen (secondary N) is 2. The average molecular weight is 278 g/mol. The molecule has 1 aliphatic heterocycles. The second kappa shape index (κ2) is 3.95. The lowest BCUT2D eigenvalue weighted by Crippen LogP contribution is -2.25. The molecule has 3 N–H and O–H groups in total. The van der Waals surface area contributed by atoms with E-state index in [9.17, 15) is 5.11 Å². The SMILES string of the molecule is OC1(c2cc(Cl)cc3[nH]ncc23)C[C@H]2CNC[C@H]2C1. The zero-order chi connectivity index (χ0) is 13.0. The minimum absolute atomic E-state index is 0.575. The first-order valence-electron chi connectivity index (χ1n) is 6.72. The Morgan fingerprint density at radius 1 is 1.26 bits per heavy atom. The summed E-state index contributed by atoms with van der Waals surface area (Å²) in [4.78, 5) is 0. The van der Waals surface area contributed by atoms with Crippen LogP contribution in [0.25, 0.3) is 10.9 Å². The van der Waals surface area contributed by atoms with E-state index in [2.05, 4.69) is 15.5 Å². The normalized spacial score (nSPS) is 34.0. The number of hydrogen-bond acceptors (Lipinski definition) is 3. The van der Waals surface area contributed by atoms with Crippen molar-refractivity contribution >= 4 is 22.5 Å². The molecule has 2 aliphatic rings. The molecule has 3 atom stereocenters. The number of nitrogens with zero attached hydrogens (tertiary/aromatic N) is 1. The molecule has 1 aliphatic carbocycles. The highest BCUT2D eigenvalue weighted by Gasteiger charge is 2.47. The molecule has 2 fully saturated rings. The fourth-order valence-corrected chi connectivity index (χ4v) is 4.06. The van der Waals surface area contributed by atoms with Gasteiger partial charge in [-0.2, -0.15) is 5.10 Å². The highest BCUT2D eigenvalue weighted by molar-refractivity contribution is 6.31. The van der Waals surface area contributed by atoms with Crippen LogP contribution in [0.4, 0.5) is 0 Å². The number of H-pyrrole nitrogens is 1. The van der Waals surface area contributed by atoms with Crippen molar-refractivity contribution in [2.45, 2.75) is 18.4 Å². The van der Waals surface area contributed by atoms with Gasteiger partial charge in [0.25, 0.3) is 0 Å². The third kappa shape index (κ3) is 1.71. The summed E-state index contributed by atoms with van der Waals surface area (Å²) >= 11 is 6.17. The van der Waals surface area contributed by atoms with Crippen LogP contribution in [-0.4, -0.2) is 28.4 Å². The van der Waals surface area contributed by atoms with Gasteiger partial charge in [0.1, 0.15) is 0 Å². The van der Waals surface area contributed by atoms with Gasteiger partial charge in [-0.05, 0) is 55.5 Å². The monoisotopic (exact) mass is 277 g/mol. The molecule has 1 unspecified atom stereocenters. The number of rotatable bonds is 1. The van der Waals surface area contributed by atoms with E-state index in [1.807, 2.05) is 12.1 Å². The van der Waals surface area contributed by atoms with E-state index in [1.165, 1.54) is 0 Å². The summed E-state index contributed by atoms with van der Waals surface area (Å²) in [7, 11) is 0. The molecule has 0 radical (unpaired) electrons. The van der Waals surface area contributed by atoms with E-state index < -0.39 is 5.60 Å². The van der Waals surface area contributed by atoms with E-state index in [-0.39, 0.29) is 0 Å². The minimum Gasteiger partial charge on any atom is -0.385 e. The zero-order valence-corrected chi connectivity index (χ0v) is 11.2. The molecule has 0 bridgehead atoms. The summed E-state index contributed by atoms with van der Waals surface area (Å²) in [6, 6.07) is 3.75. The molecule has 0 amide bonds. The summed E-state index contributed by atoms with van der Waals surface area (Å²) in [6.45, 7) is 2.03. The minimum atomic E-state index is -0.759. The summed E-state index contributed by atoms with van der Waals surface area (Å²) in [5.41, 5.74) is 1.06. The van der Waals surface area contributed by atoms with Crippen molar-refractivity contribution in [1.82, 2.24) is 15.5 Å². The number of fused-ring (bicyclic) bond motifs is 2. The van der Waals surface area contributed by atoms with Gasteiger partial charge in [0, 0.05) is 10.4 Å². The predicted octanol–water partition coefficient (Wildman–Crippen LogP) is 2.03. The molecular weight excluding hydrogens is 262 g/mol. The summed E-state index contributed by atoms with van der Waals surface area (Å²) in [5, 5.41) is 23.1. The Balaban J connectivity index is 1.83. The van der Waals surface area contributed by atoms with Gasteiger partial charge >= 0.3 is 0 Å². The maximum absolute atomic E-state index is 11.1. The van der Waals surface area contributed by atoms with Crippen LogP contribution in [0.1, 0.15) is 18.4 Å². The first-order valence-corrected chi connectivity index (χ1v) is 7.10. The van der Waals surface area contributed by atoms with Crippen molar-refractivity contribution in [3.05, 3.63) is 28.9 Å². The smallest absolute Gasteiger partial charge is 0.0910 e. The second-order valence-corrected chi connectivity index (χ2v) is 6.34. The molecule has 100 valence electrons. The Morgan fingerprint density at radius 2 is 2.00 bits per heavy atom. The van der Waals surface area contributed by atoms with Crippen molar-refractivity contribution in [3.8, 4) is 0 Å². The van der Waals surface area contributed by atoms with Crippen molar-refractivity contribution in [3.63, 3.8) is 0 Å². The molecule has 4 nitrogen and oxygen atoms in total. The maximum Gasteiger partial charge on any atom is 0.0910 e. The molecule has 0 spiro atoms. The average Bonchev–Trinajstić information content (AvgIpc) is 3.01. The van der Waals surface area contributed by atoms with Crippen LogP contribution in [0, 0.1) is 11.8 Å². The van der Waals surface area contributed by atoms with Crippen molar-refractivity contribution in [2.24, 2.45) is 11.8 Å². The third-order valence-electron chi connectivity index (χ3n) is 4.70. The van der Waals surface area contributed by atoms with Crippen LogP contribution in [0.3, 0.4) is 0 Å². The molecule has 1 saturated heterocycles. The molecule has 5 heteroatoms. The van der Waals surface area contributed by atoms with E-state index in [0.717, 1.165) is 42.4 Å². The van der Waals surface area contributed by atoms with Crippen LogP contribution in [0.2, 0.25) is 5.02 Å². The lowest BCUT2D eigenvalue weighted by atomic mass is 9.88. The molecule has 1 aromatic carbocycles. The van der Waals surface area contributed by atoms with Crippen LogP contribution in [0.5, 0.6) is 0 Å². The Hall–Kier alpha value is -1.10. The number of aromatic nitrogens is 2. The first kappa shape index (κ1) is 11.7. The molecule has 1 saturated carbocycles. The standard InChI is InChI=1S/C14H16ClN3O/c15-10-1-12(11-7-17-18-13(11)2-10)14(19)3-8-5-16-6-9(8)4-14/h1-2,7-9,16,19H,3-6H2,(H,17,18)/t8-,9+,14?. The Morgan fingerprint density at radius 3 is 2.74 bits per heavy atom. The summed E-state index contributed by atoms with van der Waals surface area (Å²) in [6.07, 6.45) is 3.40. The van der Waals surface area contributed by atoms with Gasteiger partial charge in [-0.1, -0.05) is 11.6 Å². The van der Waals surface area contributed by atoms with Gasteiger partial charge in [-0.25, -0.2) is 0 Å². The van der Waals surface area contributed by atoms with E-state index in [4.69, 9.17) is 11.6 Å². The summed E-state index contributed by atoms with van der Waals surface area (Å²) < 4.78 is 0.